The molecule has 1 saturated heterocycles. The molecule has 1 aliphatic rings. The number of nitrogens with zero attached hydrogens (tertiary/aromatic N) is 1. The minimum Gasteiger partial charge on any atom is -0.327 e. The molecule has 0 aromatic heterocycles. The highest BCUT2D eigenvalue weighted by Gasteiger charge is 2.15. The van der Waals surface area contributed by atoms with E-state index in [2.05, 4.69) is 4.90 Å². The molecule has 2 N–H and O–H groups in total. The molecule has 1 unspecified atom stereocenters. The average Bonchev–Trinajstić information content (AvgIpc) is 2.01. The molecule has 1 fully saturated rings. The highest BCUT2D eigenvalue weighted by Crippen LogP contribution is 2.07. The van der Waals surface area contributed by atoms with Crippen LogP contribution < -0.4 is 5.73 Å². The molecule has 0 amide bonds. The molecule has 0 radical (unpaired) electrons. The van der Waals surface area contributed by atoms with Gasteiger partial charge in [-0.05, 0) is 25.8 Å². The van der Waals surface area contributed by atoms with Gasteiger partial charge in [0.15, 0.2) is 0 Å². The second kappa shape index (κ2) is 4.67. The van der Waals surface area contributed by atoms with Crippen LogP contribution in [-0.4, -0.2) is 37.3 Å². The molecular formula is C8H17FN2. The van der Waals surface area contributed by atoms with E-state index in [-0.39, 0.29) is 6.67 Å². The zero-order chi connectivity index (χ0) is 8.10. The molecule has 3 heteroatoms. The molecule has 0 aromatic carbocycles. The van der Waals surface area contributed by atoms with Gasteiger partial charge in [0.1, 0.15) is 0 Å². The molecule has 66 valence electrons. The van der Waals surface area contributed by atoms with E-state index < -0.39 is 0 Å². The van der Waals surface area contributed by atoms with E-state index in [0.717, 1.165) is 26.1 Å². The summed E-state index contributed by atoms with van der Waals surface area (Å²) in [5, 5.41) is 0. The molecule has 1 aliphatic heterocycles. The van der Waals surface area contributed by atoms with Crippen molar-refractivity contribution in [2.24, 2.45) is 5.73 Å². The molecular weight excluding hydrogens is 143 g/mol. The summed E-state index contributed by atoms with van der Waals surface area (Å²) in [6.45, 7) is 2.74. The van der Waals surface area contributed by atoms with Crippen LogP contribution in [-0.2, 0) is 0 Å². The van der Waals surface area contributed by atoms with Crippen LogP contribution in [0.15, 0.2) is 0 Å². The van der Waals surface area contributed by atoms with Crippen LogP contribution >= 0.6 is 0 Å². The van der Waals surface area contributed by atoms with Crippen LogP contribution in [0.2, 0.25) is 0 Å². The number of hydrogen-bond acceptors (Lipinski definition) is 2. The van der Waals surface area contributed by atoms with Gasteiger partial charge in [-0.2, -0.15) is 0 Å². The van der Waals surface area contributed by atoms with Crippen molar-refractivity contribution in [2.45, 2.75) is 25.3 Å². The summed E-state index contributed by atoms with van der Waals surface area (Å²) < 4.78 is 11.8. The van der Waals surface area contributed by atoms with Crippen LogP contribution in [0.1, 0.15) is 19.3 Å². The van der Waals surface area contributed by atoms with Gasteiger partial charge in [0.2, 0.25) is 0 Å². The molecule has 0 bridgehead atoms. The molecule has 11 heavy (non-hydrogen) atoms. The Bertz CT molecular complexity index is 108. The topological polar surface area (TPSA) is 29.3 Å². The highest BCUT2D eigenvalue weighted by atomic mass is 19.1. The minimum absolute atomic E-state index is 0.203. The molecule has 1 atom stereocenters. The molecule has 0 aromatic rings. The van der Waals surface area contributed by atoms with E-state index in [1.54, 1.807) is 0 Å². The van der Waals surface area contributed by atoms with Gasteiger partial charge in [-0.1, -0.05) is 0 Å². The van der Waals surface area contributed by atoms with Crippen molar-refractivity contribution < 1.29 is 4.39 Å². The smallest absolute Gasteiger partial charge is 0.0906 e. The number of alkyl halides is 1. The van der Waals surface area contributed by atoms with Crippen LogP contribution in [0.3, 0.4) is 0 Å². The zero-order valence-electron chi connectivity index (χ0n) is 6.93. The largest absolute Gasteiger partial charge is 0.327 e. The van der Waals surface area contributed by atoms with E-state index in [0.29, 0.717) is 12.5 Å². The van der Waals surface area contributed by atoms with E-state index in [1.165, 1.54) is 6.42 Å². The van der Waals surface area contributed by atoms with Gasteiger partial charge >= 0.3 is 0 Å². The van der Waals surface area contributed by atoms with Gasteiger partial charge in [-0.15, -0.1) is 0 Å². The number of rotatable bonds is 3. The van der Waals surface area contributed by atoms with E-state index in [9.17, 15) is 4.39 Å². The first-order valence-corrected chi connectivity index (χ1v) is 4.37. The summed E-state index contributed by atoms with van der Waals surface area (Å²) in [6.07, 6.45) is 2.96. The monoisotopic (exact) mass is 160 g/mol. The summed E-state index contributed by atoms with van der Waals surface area (Å²) in [5.74, 6) is 0. The summed E-state index contributed by atoms with van der Waals surface area (Å²) in [7, 11) is 0. The lowest BCUT2D eigenvalue weighted by atomic mass is 10.1. The third-order valence-electron chi connectivity index (χ3n) is 2.15. The fourth-order valence-corrected chi connectivity index (χ4v) is 1.58. The fraction of sp³-hybridized carbons (Fsp3) is 1.00. The van der Waals surface area contributed by atoms with Crippen LogP contribution in [0.4, 0.5) is 4.39 Å². The van der Waals surface area contributed by atoms with Gasteiger partial charge in [0.05, 0.1) is 6.67 Å². The quantitative estimate of drug-likeness (QED) is 0.660. The first-order valence-electron chi connectivity index (χ1n) is 4.37. The van der Waals surface area contributed by atoms with Crippen molar-refractivity contribution in [3.05, 3.63) is 0 Å². The van der Waals surface area contributed by atoms with Gasteiger partial charge < -0.3 is 10.6 Å². The maximum Gasteiger partial charge on any atom is 0.0906 e. The van der Waals surface area contributed by atoms with Crippen molar-refractivity contribution >= 4 is 0 Å². The third kappa shape index (κ3) is 3.16. The van der Waals surface area contributed by atoms with E-state index >= 15 is 0 Å². The third-order valence-corrected chi connectivity index (χ3v) is 2.15. The van der Waals surface area contributed by atoms with E-state index in [1.807, 2.05) is 0 Å². The minimum atomic E-state index is -0.203. The second-order valence-corrected chi connectivity index (χ2v) is 3.25. The maximum atomic E-state index is 11.8. The predicted molar refractivity (Wildman–Crippen MR) is 44.2 cm³/mol. The molecule has 2 nitrogen and oxygen atoms in total. The van der Waals surface area contributed by atoms with Crippen LogP contribution in [0.5, 0.6) is 0 Å². The Hall–Kier alpha value is -0.150. The maximum absolute atomic E-state index is 11.8. The zero-order valence-corrected chi connectivity index (χ0v) is 6.93. The normalized spacial score (nSPS) is 27.3. The lowest BCUT2D eigenvalue weighted by Crippen LogP contribution is -2.43. The van der Waals surface area contributed by atoms with Gasteiger partial charge in [0.25, 0.3) is 0 Å². The Morgan fingerprint density at radius 2 is 2.36 bits per heavy atom. The molecule has 1 rings (SSSR count). The molecule has 0 aliphatic carbocycles. The standard InChI is InChI=1S/C8H17FN2/c9-4-2-6-11-5-1-3-8(10)7-11/h8H,1-7,10H2. The lowest BCUT2D eigenvalue weighted by Gasteiger charge is -2.30. The Morgan fingerprint density at radius 1 is 1.55 bits per heavy atom. The number of piperidine rings is 1. The van der Waals surface area contributed by atoms with Crippen LogP contribution in [0, 0.1) is 0 Å². The summed E-state index contributed by atoms with van der Waals surface area (Å²) in [4.78, 5) is 2.26. The Kier molecular flexibility index (Phi) is 3.80. The number of hydrogen-bond donors (Lipinski definition) is 1. The molecule has 0 saturated carbocycles. The second-order valence-electron chi connectivity index (χ2n) is 3.25. The Morgan fingerprint density at radius 3 is 3.00 bits per heavy atom. The molecule has 0 spiro atoms. The number of nitrogens with two attached hydrogens (primary N) is 1. The molecule has 1 heterocycles. The van der Waals surface area contributed by atoms with Crippen molar-refractivity contribution in [2.75, 3.05) is 26.3 Å². The lowest BCUT2D eigenvalue weighted by molar-refractivity contribution is 0.201. The SMILES string of the molecule is NC1CCCN(CCCF)C1. The number of likely N-dealkylation sites (tertiary alicyclic amines) is 1. The van der Waals surface area contributed by atoms with E-state index in [4.69, 9.17) is 5.73 Å². The number of halogens is 1. The fourth-order valence-electron chi connectivity index (χ4n) is 1.58. The Labute approximate surface area is 67.6 Å². The van der Waals surface area contributed by atoms with Gasteiger partial charge in [0, 0.05) is 19.1 Å². The first-order chi connectivity index (χ1) is 5.33. The van der Waals surface area contributed by atoms with Crippen molar-refractivity contribution in [1.82, 2.24) is 4.90 Å². The Balaban J connectivity index is 2.12. The van der Waals surface area contributed by atoms with Crippen molar-refractivity contribution in [1.29, 1.82) is 0 Å². The van der Waals surface area contributed by atoms with Gasteiger partial charge in [-0.3, -0.25) is 4.39 Å². The van der Waals surface area contributed by atoms with Crippen molar-refractivity contribution in [3.8, 4) is 0 Å². The summed E-state index contributed by atoms with van der Waals surface area (Å²) in [6, 6.07) is 0.323. The average molecular weight is 160 g/mol. The van der Waals surface area contributed by atoms with Gasteiger partial charge in [-0.25, -0.2) is 0 Å². The predicted octanol–water partition coefficient (Wildman–Crippen LogP) is 0.769. The first kappa shape index (κ1) is 8.94. The highest BCUT2D eigenvalue weighted by molar-refractivity contribution is 4.74. The van der Waals surface area contributed by atoms with Crippen molar-refractivity contribution in [3.63, 3.8) is 0 Å². The summed E-state index contributed by atoms with van der Waals surface area (Å²) >= 11 is 0. The summed E-state index contributed by atoms with van der Waals surface area (Å²) in [5.41, 5.74) is 5.76. The van der Waals surface area contributed by atoms with Crippen LogP contribution in [0.25, 0.3) is 0 Å².